The Balaban J connectivity index is 2.21. The molecule has 1 aliphatic heterocycles. The van der Waals surface area contributed by atoms with Crippen LogP contribution in [0.3, 0.4) is 0 Å². The second-order valence-electron chi connectivity index (χ2n) is 3.39. The van der Waals surface area contributed by atoms with E-state index in [2.05, 4.69) is 10.2 Å². The van der Waals surface area contributed by atoms with E-state index in [9.17, 15) is 4.79 Å². The third-order valence-corrected chi connectivity index (χ3v) is 2.53. The van der Waals surface area contributed by atoms with Gasteiger partial charge in [0.1, 0.15) is 5.56 Å². The fourth-order valence-electron chi connectivity index (χ4n) is 1.76. The number of nitrogens with one attached hydrogen (secondary N) is 1. The highest BCUT2D eigenvalue weighted by atomic mass is 16.5. The lowest BCUT2D eigenvalue weighted by Crippen LogP contribution is -2.16. The summed E-state index contributed by atoms with van der Waals surface area (Å²) in [4.78, 5) is 10.8. The minimum Gasteiger partial charge on any atom is -0.478 e. The molecule has 14 heavy (non-hydrogen) atoms. The number of hydrogen-bond acceptors (Lipinski definition) is 3. The zero-order chi connectivity index (χ0) is 9.97. The first-order valence-corrected chi connectivity index (χ1v) is 4.63. The highest BCUT2D eigenvalue weighted by Crippen LogP contribution is 2.27. The lowest BCUT2D eigenvalue weighted by atomic mass is 9.94. The molecular weight excluding hydrogens is 184 g/mol. The number of carbonyl (C=O) groups is 1. The van der Waals surface area contributed by atoms with Gasteiger partial charge in [-0.25, -0.2) is 4.79 Å². The summed E-state index contributed by atoms with van der Waals surface area (Å²) in [6.07, 6.45) is 3.10. The third-order valence-electron chi connectivity index (χ3n) is 2.53. The number of nitrogens with zero attached hydrogens (tertiary/aromatic N) is 1. The fraction of sp³-hybridized carbons (Fsp3) is 0.556. The van der Waals surface area contributed by atoms with E-state index in [4.69, 9.17) is 9.84 Å². The molecule has 0 spiro atoms. The predicted octanol–water partition coefficient (Wildman–Crippen LogP) is 1.00. The van der Waals surface area contributed by atoms with E-state index in [0.29, 0.717) is 13.2 Å². The van der Waals surface area contributed by atoms with Gasteiger partial charge in [0, 0.05) is 19.1 Å². The van der Waals surface area contributed by atoms with E-state index >= 15 is 0 Å². The zero-order valence-electron chi connectivity index (χ0n) is 7.69. The first-order chi connectivity index (χ1) is 6.79. The molecule has 0 amide bonds. The standard InChI is InChI=1S/C9H12N2O3/c12-9(13)7-5-10-11-8(7)6-1-3-14-4-2-6/h5-6H,1-4H2,(H,10,11)(H,12,13). The van der Waals surface area contributed by atoms with Crippen molar-refractivity contribution >= 4 is 5.97 Å². The van der Waals surface area contributed by atoms with Gasteiger partial charge in [-0.1, -0.05) is 0 Å². The van der Waals surface area contributed by atoms with Crippen molar-refractivity contribution in [2.24, 2.45) is 0 Å². The van der Waals surface area contributed by atoms with Crippen LogP contribution >= 0.6 is 0 Å². The van der Waals surface area contributed by atoms with Crippen LogP contribution in [-0.4, -0.2) is 34.5 Å². The van der Waals surface area contributed by atoms with Crippen LogP contribution in [0, 0.1) is 0 Å². The van der Waals surface area contributed by atoms with Gasteiger partial charge in [0.15, 0.2) is 0 Å². The van der Waals surface area contributed by atoms with Gasteiger partial charge in [-0.3, -0.25) is 5.10 Å². The lowest BCUT2D eigenvalue weighted by Gasteiger charge is -2.21. The van der Waals surface area contributed by atoms with Crippen LogP contribution < -0.4 is 0 Å². The molecule has 0 aliphatic carbocycles. The van der Waals surface area contributed by atoms with Crippen molar-refractivity contribution < 1.29 is 14.6 Å². The average molecular weight is 196 g/mol. The molecular formula is C9H12N2O3. The van der Waals surface area contributed by atoms with Crippen LogP contribution in [0.5, 0.6) is 0 Å². The molecule has 2 rings (SSSR count). The molecule has 0 saturated carbocycles. The van der Waals surface area contributed by atoms with E-state index in [1.807, 2.05) is 0 Å². The Morgan fingerprint density at radius 1 is 1.57 bits per heavy atom. The molecule has 1 aromatic rings. The summed E-state index contributed by atoms with van der Waals surface area (Å²) in [5.41, 5.74) is 1.03. The number of hydrogen-bond donors (Lipinski definition) is 2. The first-order valence-electron chi connectivity index (χ1n) is 4.63. The fourth-order valence-corrected chi connectivity index (χ4v) is 1.76. The van der Waals surface area contributed by atoms with Crippen LogP contribution in [0.2, 0.25) is 0 Å². The molecule has 0 unspecified atom stereocenters. The number of carboxylic acid groups (broad SMARTS) is 1. The van der Waals surface area contributed by atoms with Crippen molar-refractivity contribution in [1.29, 1.82) is 0 Å². The summed E-state index contributed by atoms with van der Waals surface area (Å²) in [6, 6.07) is 0. The van der Waals surface area contributed by atoms with Gasteiger partial charge in [0.05, 0.1) is 11.9 Å². The molecule has 0 bridgehead atoms. The van der Waals surface area contributed by atoms with Gasteiger partial charge in [-0.15, -0.1) is 0 Å². The van der Waals surface area contributed by atoms with Crippen molar-refractivity contribution in [3.63, 3.8) is 0 Å². The van der Waals surface area contributed by atoms with Crippen molar-refractivity contribution in [2.45, 2.75) is 18.8 Å². The van der Waals surface area contributed by atoms with Crippen molar-refractivity contribution in [2.75, 3.05) is 13.2 Å². The number of ether oxygens (including phenoxy) is 1. The van der Waals surface area contributed by atoms with Crippen molar-refractivity contribution in [3.05, 3.63) is 17.5 Å². The number of rotatable bonds is 2. The molecule has 2 heterocycles. The molecule has 0 aromatic carbocycles. The summed E-state index contributed by atoms with van der Waals surface area (Å²) >= 11 is 0. The largest absolute Gasteiger partial charge is 0.478 e. The number of aromatic nitrogens is 2. The quantitative estimate of drug-likeness (QED) is 0.740. The minimum atomic E-state index is -0.916. The molecule has 1 fully saturated rings. The molecule has 5 heteroatoms. The van der Waals surface area contributed by atoms with E-state index < -0.39 is 5.97 Å². The summed E-state index contributed by atoms with van der Waals surface area (Å²) in [5, 5.41) is 15.4. The monoisotopic (exact) mass is 196 g/mol. The van der Waals surface area contributed by atoms with Crippen molar-refractivity contribution in [1.82, 2.24) is 10.2 Å². The number of H-pyrrole nitrogens is 1. The maximum absolute atomic E-state index is 10.8. The second kappa shape index (κ2) is 3.79. The van der Waals surface area contributed by atoms with Crippen LogP contribution in [0.4, 0.5) is 0 Å². The van der Waals surface area contributed by atoms with Crippen LogP contribution in [0.15, 0.2) is 6.20 Å². The third kappa shape index (κ3) is 1.63. The topological polar surface area (TPSA) is 75.2 Å². The number of carboxylic acids is 1. The highest BCUT2D eigenvalue weighted by molar-refractivity contribution is 5.88. The van der Waals surface area contributed by atoms with Crippen LogP contribution in [0.25, 0.3) is 0 Å². The van der Waals surface area contributed by atoms with Crippen LogP contribution in [-0.2, 0) is 4.74 Å². The SMILES string of the molecule is O=C(O)c1cn[nH]c1C1CCOCC1. The smallest absolute Gasteiger partial charge is 0.339 e. The summed E-state index contributed by atoms with van der Waals surface area (Å²) in [7, 11) is 0. The summed E-state index contributed by atoms with van der Waals surface area (Å²) in [5.74, 6) is -0.669. The van der Waals surface area contributed by atoms with Gasteiger partial charge in [-0.2, -0.15) is 5.10 Å². The van der Waals surface area contributed by atoms with Gasteiger partial charge < -0.3 is 9.84 Å². The van der Waals surface area contributed by atoms with Gasteiger partial charge in [0.2, 0.25) is 0 Å². The lowest BCUT2D eigenvalue weighted by molar-refractivity contribution is 0.0684. The second-order valence-corrected chi connectivity index (χ2v) is 3.39. The maximum Gasteiger partial charge on any atom is 0.339 e. The van der Waals surface area contributed by atoms with Crippen LogP contribution in [0.1, 0.15) is 34.8 Å². The molecule has 0 atom stereocenters. The van der Waals surface area contributed by atoms with Gasteiger partial charge in [0.25, 0.3) is 0 Å². The first kappa shape index (κ1) is 9.21. The molecule has 1 saturated heterocycles. The van der Waals surface area contributed by atoms with Crippen molar-refractivity contribution in [3.8, 4) is 0 Å². The predicted molar refractivity (Wildman–Crippen MR) is 48.3 cm³/mol. The van der Waals surface area contributed by atoms with Gasteiger partial charge >= 0.3 is 5.97 Å². The molecule has 76 valence electrons. The molecule has 0 radical (unpaired) electrons. The summed E-state index contributed by atoms with van der Waals surface area (Å²) < 4.78 is 5.22. The van der Waals surface area contributed by atoms with E-state index in [1.54, 1.807) is 0 Å². The normalized spacial score (nSPS) is 18.3. The Bertz CT molecular complexity index is 329. The number of aromatic carboxylic acids is 1. The van der Waals surface area contributed by atoms with E-state index in [0.717, 1.165) is 18.5 Å². The molecule has 2 N–H and O–H groups in total. The minimum absolute atomic E-state index is 0.248. The Morgan fingerprint density at radius 3 is 2.93 bits per heavy atom. The Morgan fingerprint density at radius 2 is 2.29 bits per heavy atom. The summed E-state index contributed by atoms with van der Waals surface area (Å²) in [6.45, 7) is 1.39. The van der Waals surface area contributed by atoms with E-state index in [1.165, 1.54) is 6.20 Å². The molecule has 5 nitrogen and oxygen atoms in total. The zero-order valence-corrected chi connectivity index (χ0v) is 7.69. The average Bonchev–Trinajstić information content (AvgIpc) is 2.67. The van der Waals surface area contributed by atoms with Gasteiger partial charge in [-0.05, 0) is 12.8 Å². The number of aromatic amines is 1. The molecule has 1 aliphatic rings. The Kier molecular flexibility index (Phi) is 2.49. The maximum atomic E-state index is 10.8. The molecule has 1 aromatic heterocycles. The highest BCUT2D eigenvalue weighted by Gasteiger charge is 2.23. The van der Waals surface area contributed by atoms with E-state index in [-0.39, 0.29) is 11.5 Å². The Hall–Kier alpha value is -1.36. The Labute approximate surface area is 81.1 Å².